The molecule has 0 bridgehead atoms. The van der Waals surface area contributed by atoms with Crippen LogP contribution in [0.2, 0.25) is 0 Å². The molecule has 1 aromatic heterocycles. The molecule has 5 heteroatoms. The Morgan fingerprint density at radius 3 is 2.56 bits per heavy atom. The van der Waals surface area contributed by atoms with E-state index < -0.39 is 11.9 Å². The molecule has 0 unspecified atom stereocenters. The zero-order chi connectivity index (χ0) is 13.3. The Balaban J connectivity index is 2.47. The van der Waals surface area contributed by atoms with Crippen molar-refractivity contribution in [1.82, 2.24) is 4.57 Å². The SMILES string of the molecule is Cn1c(C(F)(F)F)cc2ccc(CCCN)cc21. The highest BCUT2D eigenvalue weighted by Gasteiger charge is 2.34. The van der Waals surface area contributed by atoms with E-state index in [9.17, 15) is 13.2 Å². The Morgan fingerprint density at radius 1 is 1.22 bits per heavy atom. The highest BCUT2D eigenvalue weighted by Crippen LogP contribution is 2.33. The van der Waals surface area contributed by atoms with Crippen molar-refractivity contribution in [2.24, 2.45) is 12.8 Å². The number of nitrogens with two attached hydrogens (primary N) is 1. The van der Waals surface area contributed by atoms with E-state index in [1.165, 1.54) is 17.7 Å². The van der Waals surface area contributed by atoms with Crippen molar-refractivity contribution in [1.29, 1.82) is 0 Å². The molecule has 2 N–H and O–H groups in total. The minimum absolute atomic E-state index is 0.582. The van der Waals surface area contributed by atoms with E-state index in [-0.39, 0.29) is 0 Å². The summed E-state index contributed by atoms with van der Waals surface area (Å²) in [5.74, 6) is 0. The Bertz CT molecular complexity index is 555. The van der Waals surface area contributed by atoms with Crippen LogP contribution >= 0.6 is 0 Å². The third-order valence-corrected chi connectivity index (χ3v) is 3.07. The van der Waals surface area contributed by atoms with Crippen LogP contribution in [-0.2, 0) is 19.6 Å². The van der Waals surface area contributed by atoms with Crippen LogP contribution in [-0.4, -0.2) is 11.1 Å². The van der Waals surface area contributed by atoms with Crippen molar-refractivity contribution >= 4 is 10.9 Å². The van der Waals surface area contributed by atoms with Gasteiger partial charge in [-0.1, -0.05) is 12.1 Å². The number of nitrogens with zero attached hydrogens (tertiary/aromatic N) is 1. The first kappa shape index (κ1) is 13.0. The minimum atomic E-state index is -4.31. The number of benzene rings is 1. The highest BCUT2D eigenvalue weighted by atomic mass is 19.4. The van der Waals surface area contributed by atoms with E-state index in [1.54, 1.807) is 12.1 Å². The van der Waals surface area contributed by atoms with Gasteiger partial charge >= 0.3 is 6.18 Å². The summed E-state index contributed by atoms with van der Waals surface area (Å²) in [5.41, 5.74) is 6.43. The molecule has 0 amide bonds. The molecule has 0 saturated carbocycles. The van der Waals surface area contributed by atoms with Crippen LogP contribution in [0.4, 0.5) is 13.2 Å². The van der Waals surface area contributed by atoms with Gasteiger partial charge in [-0.15, -0.1) is 0 Å². The summed E-state index contributed by atoms with van der Waals surface area (Å²) in [6.45, 7) is 0.582. The van der Waals surface area contributed by atoms with Crippen LogP contribution in [0.5, 0.6) is 0 Å². The summed E-state index contributed by atoms with van der Waals surface area (Å²) in [6.07, 6.45) is -2.69. The number of fused-ring (bicyclic) bond motifs is 1. The lowest BCUT2D eigenvalue weighted by atomic mass is 10.1. The molecule has 0 fully saturated rings. The van der Waals surface area contributed by atoms with Gasteiger partial charge < -0.3 is 10.3 Å². The molecule has 1 heterocycles. The molecule has 0 aliphatic rings. The smallest absolute Gasteiger partial charge is 0.340 e. The fraction of sp³-hybridized carbons (Fsp3) is 0.385. The second kappa shape index (κ2) is 4.65. The van der Waals surface area contributed by atoms with Crippen LogP contribution in [0.3, 0.4) is 0 Å². The quantitative estimate of drug-likeness (QED) is 0.898. The number of rotatable bonds is 3. The standard InChI is InChI=1S/C13H15F3N2/c1-18-11-7-9(3-2-6-17)4-5-10(11)8-12(18)13(14,15)16/h4-5,7-8H,2-3,6,17H2,1H3. The first-order chi connectivity index (χ1) is 8.43. The monoisotopic (exact) mass is 256 g/mol. The van der Waals surface area contributed by atoms with E-state index in [0.717, 1.165) is 18.4 Å². The number of alkyl halides is 3. The van der Waals surface area contributed by atoms with E-state index >= 15 is 0 Å². The molecule has 2 rings (SSSR count). The van der Waals surface area contributed by atoms with Gasteiger partial charge in [0.15, 0.2) is 0 Å². The minimum Gasteiger partial charge on any atom is -0.340 e. The molecule has 2 nitrogen and oxygen atoms in total. The maximum atomic E-state index is 12.8. The summed E-state index contributed by atoms with van der Waals surface area (Å²) < 4.78 is 39.5. The lowest BCUT2D eigenvalue weighted by Crippen LogP contribution is -2.10. The fourth-order valence-electron chi connectivity index (χ4n) is 2.11. The number of hydrogen-bond acceptors (Lipinski definition) is 1. The number of aromatic nitrogens is 1. The lowest BCUT2D eigenvalue weighted by Gasteiger charge is -2.08. The molecule has 0 radical (unpaired) electrons. The number of hydrogen-bond donors (Lipinski definition) is 1. The summed E-state index contributed by atoms with van der Waals surface area (Å²) >= 11 is 0. The Labute approximate surface area is 103 Å². The summed E-state index contributed by atoms with van der Waals surface area (Å²) in [6, 6.07) is 6.58. The largest absolute Gasteiger partial charge is 0.431 e. The molecule has 2 aromatic rings. The van der Waals surface area contributed by atoms with Gasteiger partial charge in [0.25, 0.3) is 0 Å². The second-order valence-electron chi connectivity index (χ2n) is 4.37. The van der Waals surface area contributed by atoms with Gasteiger partial charge in [0, 0.05) is 18.0 Å². The Kier molecular flexibility index (Phi) is 3.34. The molecular formula is C13H15F3N2. The zero-order valence-electron chi connectivity index (χ0n) is 10.1. The lowest BCUT2D eigenvalue weighted by molar-refractivity contribution is -0.142. The molecule has 0 aliphatic carbocycles. The number of halogens is 3. The van der Waals surface area contributed by atoms with Crippen LogP contribution < -0.4 is 5.73 Å². The van der Waals surface area contributed by atoms with Crippen molar-refractivity contribution in [2.45, 2.75) is 19.0 Å². The summed E-state index contributed by atoms with van der Waals surface area (Å²) in [4.78, 5) is 0. The fourth-order valence-corrected chi connectivity index (χ4v) is 2.11. The van der Waals surface area contributed by atoms with Gasteiger partial charge in [0.05, 0.1) is 0 Å². The van der Waals surface area contributed by atoms with E-state index in [2.05, 4.69) is 0 Å². The normalized spacial score (nSPS) is 12.3. The average Bonchev–Trinajstić information content (AvgIpc) is 2.64. The van der Waals surface area contributed by atoms with Gasteiger partial charge in [-0.05, 0) is 37.1 Å². The van der Waals surface area contributed by atoms with Crippen LogP contribution in [0, 0.1) is 0 Å². The van der Waals surface area contributed by atoms with Crippen LogP contribution in [0.25, 0.3) is 10.9 Å². The summed E-state index contributed by atoms with van der Waals surface area (Å²) in [5, 5.41) is 0.612. The topological polar surface area (TPSA) is 30.9 Å². The van der Waals surface area contributed by atoms with Crippen molar-refractivity contribution in [2.75, 3.05) is 6.54 Å². The van der Waals surface area contributed by atoms with E-state index in [4.69, 9.17) is 5.73 Å². The predicted molar refractivity (Wildman–Crippen MR) is 65.3 cm³/mol. The first-order valence-corrected chi connectivity index (χ1v) is 5.79. The Morgan fingerprint density at radius 2 is 1.94 bits per heavy atom. The molecule has 1 aromatic carbocycles. The molecule has 0 atom stereocenters. The van der Waals surface area contributed by atoms with Gasteiger partial charge in [-0.3, -0.25) is 0 Å². The molecule has 0 spiro atoms. The van der Waals surface area contributed by atoms with Gasteiger partial charge in [-0.2, -0.15) is 13.2 Å². The van der Waals surface area contributed by atoms with E-state index in [1.807, 2.05) is 6.07 Å². The maximum Gasteiger partial charge on any atom is 0.431 e. The Hall–Kier alpha value is -1.49. The van der Waals surface area contributed by atoms with Crippen molar-refractivity contribution in [3.05, 3.63) is 35.5 Å². The maximum absolute atomic E-state index is 12.8. The van der Waals surface area contributed by atoms with Gasteiger partial charge in [0.2, 0.25) is 0 Å². The van der Waals surface area contributed by atoms with Crippen LogP contribution in [0.1, 0.15) is 17.7 Å². The number of aryl methyl sites for hydroxylation is 2. The predicted octanol–water partition coefficient (Wildman–Crippen LogP) is 3.09. The van der Waals surface area contributed by atoms with E-state index in [0.29, 0.717) is 17.4 Å². The third kappa shape index (κ3) is 2.36. The van der Waals surface area contributed by atoms with Gasteiger partial charge in [-0.25, -0.2) is 0 Å². The van der Waals surface area contributed by atoms with Crippen molar-refractivity contribution in [3.63, 3.8) is 0 Å². The van der Waals surface area contributed by atoms with Crippen molar-refractivity contribution in [3.8, 4) is 0 Å². The first-order valence-electron chi connectivity index (χ1n) is 5.79. The molecule has 98 valence electrons. The second-order valence-corrected chi connectivity index (χ2v) is 4.37. The molecular weight excluding hydrogens is 241 g/mol. The zero-order valence-corrected chi connectivity index (χ0v) is 10.1. The molecule has 0 saturated heterocycles. The van der Waals surface area contributed by atoms with Crippen LogP contribution in [0.15, 0.2) is 24.3 Å². The summed E-state index contributed by atoms with van der Waals surface area (Å²) in [7, 11) is 1.44. The molecule has 18 heavy (non-hydrogen) atoms. The van der Waals surface area contributed by atoms with Crippen molar-refractivity contribution < 1.29 is 13.2 Å². The average molecular weight is 256 g/mol. The highest BCUT2D eigenvalue weighted by molar-refractivity contribution is 5.82. The van der Waals surface area contributed by atoms with Gasteiger partial charge in [0.1, 0.15) is 5.69 Å². The third-order valence-electron chi connectivity index (χ3n) is 3.07. The molecule has 0 aliphatic heterocycles.